The van der Waals surface area contributed by atoms with E-state index in [9.17, 15) is 0 Å². The van der Waals surface area contributed by atoms with Crippen molar-refractivity contribution in [2.24, 2.45) is 4.81 Å². The van der Waals surface area contributed by atoms with Gasteiger partial charge in [-0.05, 0) is 0 Å². The molecule has 0 fully saturated rings. The third-order valence-electron chi connectivity index (χ3n) is 1.89. The summed E-state index contributed by atoms with van der Waals surface area (Å²) in [7, 11) is 39.3. The summed E-state index contributed by atoms with van der Waals surface area (Å²) in [6, 6.07) is 0. The number of hydrogen-bond donors (Lipinski definition) is 0. The molecule has 0 aliphatic heterocycles. The molecule has 47 valence electrons. The van der Waals surface area contributed by atoms with Crippen molar-refractivity contribution in [1.29, 1.82) is 0 Å². The Balaban J connectivity index is 4.44. The summed E-state index contributed by atoms with van der Waals surface area (Å²) >= 11 is 0. The van der Waals surface area contributed by atoms with Crippen LogP contribution in [-0.2, 0) is 0 Å². The molecule has 0 N–H and O–H groups in total. The van der Waals surface area contributed by atoms with Crippen molar-refractivity contribution in [3.63, 3.8) is 0 Å². The van der Waals surface area contributed by atoms with E-state index in [-0.39, 0.29) is 6.39 Å². The SMILES string of the molecule is [B][B]B(B=NB(B([B])[B])B([B])[B])B([B])[B]. The van der Waals surface area contributed by atoms with E-state index >= 15 is 0 Å². The Morgan fingerprint density at radius 3 is 1.53 bits per heavy atom. The molecule has 0 saturated carbocycles. The Hall–Kier alpha value is 0.709. The molecule has 0 aliphatic carbocycles. The van der Waals surface area contributed by atoms with Gasteiger partial charge >= 0.3 is 105 Å². The van der Waals surface area contributed by atoms with E-state index in [0.29, 0.717) is 0 Å². The molecule has 0 atom stereocenters. The zero-order valence-corrected chi connectivity index (χ0v) is 8.53. The second-order valence-electron chi connectivity index (χ2n) is 3.29. The molecule has 0 spiro atoms. The summed E-state index contributed by atoms with van der Waals surface area (Å²) in [5.74, 6) is 0. The van der Waals surface area contributed by atoms with Crippen molar-refractivity contribution >= 4 is 100 Å². The monoisotopic (exact) mass is 168 g/mol. The number of hydrogen-bond acceptors (Lipinski definition) is 1. The van der Waals surface area contributed by atoms with Gasteiger partial charge in [0.25, 0.3) is 0 Å². The van der Waals surface area contributed by atoms with Crippen LogP contribution in [0.5, 0.6) is 0 Å². The van der Waals surface area contributed by atoms with Crippen LogP contribution < -0.4 is 0 Å². The van der Waals surface area contributed by atoms with E-state index in [2.05, 4.69) is 4.81 Å². The van der Waals surface area contributed by atoms with Gasteiger partial charge in [-0.2, -0.15) is 0 Å². The fraction of sp³-hybridized carbons (Fsp3) is 0. The molecule has 0 aromatic heterocycles. The zero-order valence-electron chi connectivity index (χ0n) is 8.53. The fourth-order valence-corrected chi connectivity index (χ4v) is 0.931. The van der Waals surface area contributed by atoms with E-state index in [1.165, 1.54) is 14.0 Å². The second-order valence-corrected chi connectivity index (χ2v) is 3.29. The Kier molecular flexibility index (Phi) is 8.27. The predicted octanol–water partition coefficient (Wildman–Crippen LogP) is -5.15. The molecule has 0 bridgehead atoms. The molecule has 1 nitrogen and oxygen atoms in total. The Morgan fingerprint density at radius 2 is 1.27 bits per heavy atom. The van der Waals surface area contributed by atoms with Crippen LogP contribution >= 0.6 is 0 Å². The summed E-state index contributed by atoms with van der Waals surface area (Å²) in [5, 5.41) is 0. The Bertz CT molecular complexity index is 172. The van der Waals surface area contributed by atoms with Crippen molar-refractivity contribution in [3.05, 3.63) is 0 Å². The standard InChI is InChI=1S/B14N/c1-8-13(10(2)3)9-15-14(11(4)5)12(6)7. The molecule has 0 unspecified atom stereocenters. The molecule has 15 heavy (non-hydrogen) atoms. The quantitative estimate of drug-likeness (QED) is 0.349. The predicted molar refractivity (Wildman–Crippen MR) is 83.0 cm³/mol. The van der Waals surface area contributed by atoms with E-state index in [1.807, 2.05) is 0 Å². The summed E-state index contributed by atoms with van der Waals surface area (Å²) < 4.78 is 0. The summed E-state index contributed by atoms with van der Waals surface area (Å²) in [6.07, 6.45) is -2.49. The molecule has 0 aromatic carbocycles. The van der Waals surface area contributed by atoms with Crippen molar-refractivity contribution in [3.8, 4) is 0 Å². The van der Waals surface area contributed by atoms with Crippen LogP contribution in [0, 0.1) is 0 Å². The van der Waals surface area contributed by atoms with Gasteiger partial charge < -0.3 is 0 Å². The van der Waals surface area contributed by atoms with Crippen molar-refractivity contribution < 1.29 is 0 Å². The van der Waals surface area contributed by atoms with Gasteiger partial charge in [-0.1, -0.05) is 0 Å². The van der Waals surface area contributed by atoms with Crippen LogP contribution in [0.15, 0.2) is 4.81 Å². The first-order valence-corrected chi connectivity index (χ1v) is 4.52. The fourth-order valence-electron chi connectivity index (χ4n) is 0.931. The van der Waals surface area contributed by atoms with Crippen LogP contribution in [0.2, 0.25) is 0 Å². The summed E-state index contributed by atoms with van der Waals surface area (Å²) in [6.45, 7) is 0.862. The molecule has 0 aromatic rings. The third kappa shape index (κ3) is 6.12. The molecule has 15 heteroatoms. The minimum absolute atomic E-state index is 0.370. The topological polar surface area (TPSA) is 12.4 Å². The molecular weight excluding hydrogens is 165 g/mol. The van der Waals surface area contributed by atoms with E-state index < -0.39 is 25.8 Å². The Labute approximate surface area is 105 Å². The molecule has 0 saturated heterocycles. The van der Waals surface area contributed by atoms with Crippen LogP contribution in [-0.4, -0.2) is 100 Å². The molecular formula is B14N. The van der Waals surface area contributed by atoms with Crippen molar-refractivity contribution in [2.75, 3.05) is 0 Å². The molecule has 0 heterocycles. The average Bonchev–Trinajstić information content (AvgIpc) is 2.10. The Morgan fingerprint density at radius 1 is 0.800 bits per heavy atom. The zero-order chi connectivity index (χ0) is 12.0. The van der Waals surface area contributed by atoms with Crippen LogP contribution in [0.3, 0.4) is 0 Å². The van der Waals surface area contributed by atoms with Crippen LogP contribution in [0.4, 0.5) is 0 Å². The van der Waals surface area contributed by atoms with Gasteiger partial charge in [0.15, 0.2) is 0 Å². The van der Waals surface area contributed by atoms with Gasteiger partial charge in [0.1, 0.15) is 0 Å². The van der Waals surface area contributed by atoms with Gasteiger partial charge in [0.05, 0.1) is 0 Å². The molecule has 0 amide bonds. The first-order chi connectivity index (χ1) is 6.90. The van der Waals surface area contributed by atoms with Gasteiger partial charge in [-0.3, -0.25) is 0 Å². The van der Waals surface area contributed by atoms with Gasteiger partial charge in [0.2, 0.25) is 0 Å². The average molecular weight is 165 g/mol. The van der Waals surface area contributed by atoms with E-state index in [1.54, 1.807) is 0 Å². The minimum atomic E-state index is -0.742. The molecule has 0 rings (SSSR count). The first kappa shape index (κ1) is 15.7. The van der Waals surface area contributed by atoms with Crippen LogP contribution in [0.25, 0.3) is 0 Å². The maximum absolute atomic E-state index is 5.44. The molecule has 0 aliphatic rings. The van der Waals surface area contributed by atoms with Crippen molar-refractivity contribution in [2.45, 2.75) is 0 Å². The first-order valence-electron chi connectivity index (χ1n) is 4.52. The van der Waals surface area contributed by atoms with Crippen LogP contribution in [0.1, 0.15) is 0 Å². The van der Waals surface area contributed by atoms with Gasteiger partial charge in [-0.15, -0.1) is 0 Å². The number of nitrogens with zero attached hydrogens (tertiary/aromatic N) is 1. The third-order valence-corrected chi connectivity index (χ3v) is 1.89. The normalized spacial score (nSPS) is 9.07. The second kappa shape index (κ2) is 7.90. The van der Waals surface area contributed by atoms with Crippen molar-refractivity contribution in [1.82, 2.24) is 0 Å². The number of rotatable bonds is 6. The maximum atomic E-state index is 5.44. The van der Waals surface area contributed by atoms with E-state index in [0.717, 1.165) is 0 Å². The van der Waals surface area contributed by atoms with Gasteiger partial charge in [-0.25, -0.2) is 0 Å². The summed E-state index contributed by atoms with van der Waals surface area (Å²) in [4.78, 5) is 4.02. The summed E-state index contributed by atoms with van der Waals surface area (Å²) in [5.41, 5.74) is 0. The van der Waals surface area contributed by atoms with E-state index in [4.69, 9.17) is 54.2 Å². The molecule has 15 radical (unpaired) electrons. The van der Waals surface area contributed by atoms with Gasteiger partial charge in [0, 0.05) is 0 Å².